The molecule has 0 aliphatic rings. The van der Waals surface area contributed by atoms with E-state index >= 15 is 0 Å². The number of aromatic nitrogens is 1. The predicted octanol–water partition coefficient (Wildman–Crippen LogP) is 1.16. The number of rotatable bonds is 6. The van der Waals surface area contributed by atoms with Crippen LogP contribution in [0.3, 0.4) is 0 Å². The van der Waals surface area contributed by atoms with Crippen LogP contribution in [0.5, 0.6) is 0 Å². The van der Waals surface area contributed by atoms with Gasteiger partial charge in [0.2, 0.25) is 0 Å². The second kappa shape index (κ2) is 6.94. The lowest BCUT2D eigenvalue weighted by atomic mass is 10.2. The average Bonchev–Trinajstić information content (AvgIpc) is 2.34. The lowest BCUT2D eigenvalue weighted by molar-refractivity contribution is 0.225. The molecule has 0 aliphatic heterocycles. The van der Waals surface area contributed by atoms with Crippen molar-refractivity contribution in [1.29, 1.82) is 5.26 Å². The van der Waals surface area contributed by atoms with Crippen molar-refractivity contribution in [3.8, 4) is 6.07 Å². The monoisotopic (exact) mass is 219 g/mol. The zero-order chi connectivity index (χ0) is 11.8. The summed E-state index contributed by atoms with van der Waals surface area (Å²) in [5, 5.41) is 17.5. The minimum absolute atomic E-state index is 0.219. The van der Waals surface area contributed by atoms with Gasteiger partial charge in [-0.2, -0.15) is 5.26 Å². The van der Waals surface area contributed by atoms with Crippen LogP contribution in [0.25, 0.3) is 0 Å². The fourth-order valence-corrected chi connectivity index (χ4v) is 1.54. The van der Waals surface area contributed by atoms with Crippen LogP contribution in [0.15, 0.2) is 18.3 Å². The van der Waals surface area contributed by atoms with Crippen LogP contribution in [0.1, 0.15) is 24.6 Å². The molecule has 0 bridgehead atoms. The van der Waals surface area contributed by atoms with Gasteiger partial charge >= 0.3 is 0 Å². The highest BCUT2D eigenvalue weighted by Crippen LogP contribution is 2.05. The highest BCUT2D eigenvalue weighted by molar-refractivity contribution is 5.25. The van der Waals surface area contributed by atoms with E-state index in [1.54, 1.807) is 6.20 Å². The molecule has 0 saturated heterocycles. The normalized spacial score (nSPS) is 10.4. The summed E-state index contributed by atoms with van der Waals surface area (Å²) in [6.45, 7) is 4.91. The fraction of sp³-hybridized carbons (Fsp3) is 0.500. The van der Waals surface area contributed by atoms with Crippen LogP contribution < -0.4 is 0 Å². The quantitative estimate of drug-likeness (QED) is 0.780. The summed E-state index contributed by atoms with van der Waals surface area (Å²) in [6, 6.07) is 5.76. The minimum Gasteiger partial charge on any atom is -0.396 e. The van der Waals surface area contributed by atoms with E-state index in [4.69, 9.17) is 10.4 Å². The van der Waals surface area contributed by atoms with Crippen LogP contribution in [0, 0.1) is 11.3 Å². The molecule has 16 heavy (non-hydrogen) atoms. The molecule has 0 atom stereocenters. The molecule has 1 rings (SSSR count). The molecular formula is C12H17N3O. The van der Waals surface area contributed by atoms with Crippen molar-refractivity contribution in [3.63, 3.8) is 0 Å². The number of hydrogen-bond acceptors (Lipinski definition) is 4. The van der Waals surface area contributed by atoms with E-state index in [1.165, 1.54) is 0 Å². The molecule has 1 aromatic rings. The van der Waals surface area contributed by atoms with E-state index in [-0.39, 0.29) is 6.61 Å². The van der Waals surface area contributed by atoms with Crippen LogP contribution >= 0.6 is 0 Å². The van der Waals surface area contributed by atoms with E-state index in [0.29, 0.717) is 5.69 Å². The fourth-order valence-electron chi connectivity index (χ4n) is 1.54. The second-order valence-corrected chi connectivity index (χ2v) is 3.61. The maximum absolute atomic E-state index is 8.78. The van der Waals surface area contributed by atoms with Gasteiger partial charge in [-0.3, -0.25) is 4.90 Å². The largest absolute Gasteiger partial charge is 0.396 e. The molecular weight excluding hydrogens is 202 g/mol. The zero-order valence-corrected chi connectivity index (χ0v) is 9.56. The lowest BCUT2D eigenvalue weighted by Crippen LogP contribution is -2.24. The Hall–Kier alpha value is -1.44. The summed E-state index contributed by atoms with van der Waals surface area (Å²) in [5.74, 6) is 0. The number of aliphatic hydroxyl groups excluding tert-OH is 1. The van der Waals surface area contributed by atoms with Gasteiger partial charge in [0.05, 0.1) is 0 Å². The van der Waals surface area contributed by atoms with Crippen molar-refractivity contribution >= 4 is 0 Å². The Balaban J connectivity index is 2.59. The van der Waals surface area contributed by atoms with Crippen molar-refractivity contribution in [2.24, 2.45) is 0 Å². The highest BCUT2D eigenvalue weighted by Gasteiger charge is 2.04. The molecule has 0 aliphatic carbocycles. The number of pyridine rings is 1. The predicted molar refractivity (Wildman–Crippen MR) is 61.6 cm³/mol. The molecule has 0 spiro atoms. The van der Waals surface area contributed by atoms with Gasteiger partial charge in [0.1, 0.15) is 11.8 Å². The summed E-state index contributed by atoms with van der Waals surface area (Å²) < 4.78 is 0. The van der Waals surface area contributed by atoms with E-state index in [2.05, 4.69) is 16.8 Å². The molecule has 0 saturated carbocycles. The maximum Gasteiger partial charge on any atom is 0.140 e. The molecule has 0 radical (unpaired) electrons. The van der Waals surface area contributed by atoms with Gasteiger partial charge in [-0.15, -0.1) is 0 Å². The number of nitrogens with zero attached hydrogens (tertiary/aromatic N) is 3. The molecule has 86 valence electrons. The average molecular weight is 219 g/mol. The zero-order valence-electron chi connectivity index (χ0n) is 9.56. The van der Waals surface area contributed by atoms with Gasteiger partial charge in [-0.1, -0.05) is 6.92 Å². The minimum atomic E-state index is 0.219. The first kappa shape index (κ1) is 12.6. The molecule has 0 aromatic carbocycles. The SMILES string of the molecule is CCN(CCCO)Cc1ccnc(C#N)c1. The highest BCUT2D eigenvalue weighted by atomic mass is 16.3. The first-order valence-electron chi connectivity index (χ1n) is 5.48. The molecule has 1 N–H and O–H groups in total. The lowest BCUT2D eigenvalue weighted by Gasteiger charge is -2.19. The van der Waals surface area contributed by atoms with Gasteiger partial charge in [-0.05, 0) is 30.7 Å². The van der Waals surface area contributed by atoms with E-state index < -0.39 is 0 Å². The summed E-state index contributed by atoms with van der Waals surface area (Å²) in [5.41, 5.74) is 1.54. The van der Waals surface area contributed by atoms with Gasteiger partial charge in [0.15, 0.2) is 0 Å². The van der Waals surface area contributed by atoms with Crippen molar-refractivity contribution in [2.75, 3.05) is 19.7 Å². The van der Waals surface area contributed by atoms with E-state index in [0.717, 1.165) is 31.6 Å². The standard InChI is InChI=1S/C12H17N3O/c1-2-15(6-3-7-16)10-11-4-5-14-12(8-11)9-13/h4-5,8,16H,2-3,6-7,10H2,1H3. The van der Waals surface area contributed by atoms with Crippen LogP contribution in [0.2, 0.25) is 0 Å². The van der Waals surface area contributed by atoms with E-state index in [9.17, 15) is 0 Å². The van der Waals surface area contributed by atoms with Crippen molar-refractivity contribution in [2.45, 2.75) is 19.9 Å². The Bertz CT molecular complexity index is 360. The van der Waals surface area contributed by atoms with Gasteiger partial charge in [0.25, 0.3) is 0 Å². The molecule has 4 nitrogen and oxygen atoms in total. The Morgan fingerprint density at radius 3 is 3.00 bits per heavy atom. The Morgan fingerprint density at radius 2 is 2.38 bits per heavy atom. The van der Waals surface area contributed by atoms with Gasteiger partial charge in [0, 0.05) is 25.9 Å². The summed E-state index contributed by atoms with van der Waals surface area (Å²) >= 11 is 0. The molecule has 0 unspecified atom stereocenters. The van der Waals surface area contributed by atoms with Crippen LogP contribution in [-0.4, -0.2) is 34.7 Å². The topological polar surface area (TPSA) is 60.1 Å². The summed E-state index contributed by atoms with van der Waals surface area (Å²) in [6.07, 6.45) is 2.44. The molecule has 4 heteroatoms. The first-order chi connectivity index (χ1) is 7.80. The van der Waals surface area contributed by atoms with Crippen molar-refractivity contribution in [1.82, 2.24) is 9.88 Å². The number of nitriles is 1. The maximum atomic E-state index is 8.78. The summed E-state index contributed by atoms with van der Waals surface area (Å²) in [4.78, 5) is 6.16. The third-order valence-electron chi connectivity index (χ3n) is 2.42. The van der Waals surface area contributed by atoms with Crippen LogP contribution in [0.4, 0.5) is 0 Å². The van der Waals surface area contributed by atoms with E-state index in [1.807, 2.05) is 18.2 Å². The smallest absolute Gasteiger partial charge is 0.140 e. The molecule has 1 heterocycles. The Kier molecular flexibility index (Phi) is 5.48. The first-order valence-corrected chi connectivity index (χ1v) is 5.48. The third-order valence-corrected chi connectivity index (χ3v) is 2.42. The Labute approximate surface area is 96.2 Å². The molecule has 1 aromatic heterocycles. The third kappa shape index (κ3) is 3.97. The molecule has 0 fully saturated rings. The number of hydrogen-bond donors (Lipinski definition) is 1. The Morgan fingerprint density at radius 1 is 1.56 bits per heavy atom. The van der Waals surface area contributed by atoms with Gasteiger partial charge < -0.3 is 5.11 Å². The molecule has 0 amide bonds. The van der Waals surface area contributed by atoms with Gasteiger partial charge in [-0.25, -0.2) is 4.98 Å². The second-order valence-electron chi connectivity index (χ2n) is 3.61. The number of aliphatic hydroxyl groups is 1. The van der Waals surface area contributed by atoms with Crippen molar-refractivity contribution < 1.29 is 5.11 Å². The van der Waals surface area contributed by atoms with Crippen molar-refractivity contribution in [3.05, 3.63) is 29.6 Å². The summed E-state index contributed by atoms with van der Waals surface area (Å²) in [7, 11) is 0. The van der Waals surface area contributed by atoms with Crippen LogP contribution in [-0.2, 0) is 6.54 Å².